The molecular formula is C14H19ClN2O2. The summed E-state index contributed by atoms with van der Waals surface area (Å²) in [7, 11) is 1.73. The molecule has 1 saturated carbocycles. The lowest BCUT2D eigenvalue weighted by atomic mass is 9.91. The monoisotopic (exact) mass is 282 g/mol. The summed E-state index contributed by atoms with van der Waals surface area (Å²) in [6, 6.07) is 4.75. The first-order chi connectivity index (χ1) is 9.00. The summed E-state index contributed by atoms with van der Waals surface area (Å²) in [5.41, 5.74) is 6.61. The van der Waals surface area contributed by atoms with Crippen molar-refractivity contribution in [1.29, 1.82) is 0 Å². The number of nitrogen functional groups attached to an aromatic ring is 1. The third kappa shape index (κ3) is 3.01. The maximum Gasteiger partial charge on any atom is 0.254 e. The van der Waals surface area contributed by atoms with Gasteiger partial charge in [0.05, 0.1) is 22.9 Å². The smallest absolute Gasteiger partial charge is 0.254 e. The number of carbonyl (C=O) groups is 1. The van der Waals surface area contributed by atoms with Crippen LogP contribution in [0.2, 0.25) is 5.02 Å². The van der Waals surface area contributed by atoms with Crippen LogP contribution in [-0.2, 0) is 0 Å². The van der Waals surface area contributed by atoms with Crippen LogP contribution in [0.25, 0.3) is 0 Å². The Morgan fingerprint density at radius 2 is 2.11 bits per heavy atom. The van der Waals surface area contributed by atoms with Crippen LogP contribution in [0.5, 0.6) is 0 Å². The van der Waals surface area contributed by atoms with Crippen LogP contribution < -0.4 is 5.73 Å². The Labute approximate surface area is 118 Å². The normalized spacial score (nSPS) is 23.1. The van der Waals surface area contributed by atoms with Gasteiger partial charge in [-0.2, -0.15) is 0 Å². The van der Waals surface area contributed by atoms with Gasteiger partial charge in [-0.15, -0.1) is 0 Å². The number of benzene rings is 1. The van der Waals surface area contributed by atoms with Gasteiger partial charge in [0.15, 0.2) is 0 Å². The zero-order valence-corrected chi connectivity index (χ0v) is 11.7. The number of hydrogen-bond donors (Lipinski definition) is 2. The molecule has 1 fully saturated rings. The van der Waals surface area contributed by atoms with Crippen LogP contribution in [0.3, 0.4) is 0 Å². The highest BCUT2D eigenvalue weighted by Gasteiger charge is 2.29. The minimum atomic E-state index is -0.438. The van der Waals surface area contributed by atoms with Crippen molar-refractivity contribution in [3.05, 3.63) is 28.8 Å². The molecule has 3 N–H and O–H groups in total. The van der Waals surface area contributed by atoms with Crippen LogP contribution in [0.4, 0.5) is 5.69 Å². The fourth-order valence-corrected chi connectivity index (χ4v) is 2.69. The Kier molecular flexibility index (Phi) is 4.32. The zero-order chi connectivity index (χ0) is 14.0. The first-order valence-electron chi connectivity index (χ1n) is 6.51. The summed E-state index contributed by atoms with van der Waals surface area (Å²) in [6.45, 7) is 0. The Morgan fingerprint density at radius 1 is 1.42 bits per heavy atom. The molecule has 1 amide bonds. The third-order valence-electron chi connectivity index (χ3n) is 3.75. The van der Waals surface area contributed by atoms with Crippen molar-refractivity contribution in [2.45, 2.75) is 37.8 Å². The molecule has 0 radical (unpaired) electrons. The predicted octanol–water partition coefficient (Wildman–Crippen LogP) is 2.30. The van der Waals surface area contributed by atoms with Gasteiger partial charge in [-0.25, -0.2) is 0 Å². The van der Waals surface area contributed by atoms with Gasteiger partial charge < -0.3 is 15.7 Å². The number of aliphatic hydroxyl groups is 1. The minimum absolute atomic E-state index is 0.113. The lowest BCUT2D eigenvalue weighted by Gasteiger charge is -2.35. The quantitative estimate of drug-likeness (QED) is 0.818. The molecule has 0 heterocycles. The molecule has 0 aliphatic heterocycles. The molecule has 0 saturated heterocycles. The summed E-state index contributed by atoms with van der Waals surface area (Å²) < 4.78 is 0. The van der Waals surface area contributed by atoms with E-state index >= 15 is 0 Å². The van der Waals surface area contributed by atoms with Crippen molar-refractivity contribution < 1.29 is 9.90 Å². The third-order valence-corrected chi connectivity index (χ3v) is 4.10. The molecule has 5 heteroatoms. The minimum Gasteiger partial charge on any atom is -0.398 e. The average molecular weight is 283 g/mol. The maximum atomic E-state index is 12.4. The number of nitrogens with zero attached hydrogens (tertiary/aromatic N) is 1. The molecular weight excluding hydrogens is 264 g/mol. The van der Waals surface area contributed by atoms with Crippen LogP contribution >= 0.6 is 11.6 Å². The summed E-state index contributed by atoms with van der Waals surface area (Å²) in [5.74, 6) is -0.130. The molecule has 1 aromatic carbocycles. The predicted molar refractivity (Wildman–Crippen MR) is 76.2 cm³/mol. The van der Waals surface area contributed by atoms with E-state index in [1.807, 2.05) is 0 Å². The van der Waals surface area contributed by atoms with Crippen LogP contribution in [-0.4, -0.2) is 35.1 Å². The zero-order valence-electron chi connectivity index (χ0n) is 11.0. The number of carbonyl (C=O) groups excluding carboxylic acids is 1. The van der Waals surface area contributed by atoms with E-state index in [0.717, 1.165) is 25.7 Å². The Bertz CT molecular complexity index is 479. The number of halogens is 1. The van der Waals surface area contributed by atoms with Crippen molar-refractivity contribution in [3.63, 3.8) is 0 Å². The van der Waals surface area contributed by atoms with E-state index in [1.54, 1.807) is 30.1 Å². The Hall–Kier alpha value is -1.26. The second-order valence-corrected chi connectivity index (χ2v) is 5.48. The van der Waals surface area contributed by atoms with Crippen LogP contribution in [0.1, 0.15) is 36.0 Å². The van der Waals surface area contributed by atoms with Crippen molar-refractivity contribution in [3.8, 4) is 0 Å². The molecule has 2 rings (SSSR count). The number of nitrogens with two attached hydrogens (primary N) is 1. The molecule has 104 valence electrons. The van der Waals surface area contributed by atoms with E-state index < -0.39 is 6.10 Å². The van der Waals surface area contributed by atoms with E-state index in [-0.39, 0.29) is 11.9 Å². The average Bonchev–Trinajstić information content (AvgIpc) is 2.41. The molecule has 19 heavy (non-hydrogen) atoms. The number of hydrogen-bond acceptors (Lipinski definition) is 3. The molecule has 1 aliphatic carbocycles. The molecule has 0 aromatic heterocycles. The Morgan fingerprint density at radius 3 is 2.74 bits per heavy atom. The number of aliphatic hydroxyl groups excluding tert-OH is 1. The summed E-state index contributed by atoms with van der Waals surface area (Å²) >= 11 is 5.85. The summed E-state index contributed by atoms with van der Waals surface area (Å²) in [6.07, 6.45) is 3.22. The van der Waals surface area contributed by atoms with Crippen molar-refractivity contribution >= 4 is 23.2 Å². The second kappa shape index (κ2) is 5.80. The molecule has 4 nitrogen and oxygen atoms in total. The van der Waals surface area contributed by atoms with E-state index in [4.69, 9.17) is 17.3 Å². The highest BCUT2D eigenvalue weighted by atomic mass is 35.5. The van der Waals surface area contributed by atoms with Gasteiger partial charge in [0.1, 0.15) is 0 Å². The van der Waals surface area contributed by atoms with Crippen LogP contribution in [0.15, 0.2) is 18.2 Å². The second-order valence-electron chi connectivity index (χ2n) is 5.07. The van der Waals surface area contributed by atoms with E-state index in [9.17, 15) is 9.90 Å². The van der Waals surface area contributed by atoms with Gasteiger partial charge in [0.2, 0.25) is 0 Å². The largest absolute Gasteiger partial charge is 0.398 e. The van der Waals surface area contributed by atoms with Crippen LogP contribution in [0, 0.1) is 0 Å². The molecule has 0 bridgehead atoms. The Balaban J connectivity index is 2.15. The highest BCUT2D eigenvalue weighted by molar-refractivity contribution is 6.33. The summed E-state index contributed by atoms with van der Waals surface area (Å²) in [4.78, 5) is 14.0. The molecule has 1 aromatic rings. The molecule has 0 spiro atoms. The van der Waals surface area contributed by atoms with Gasteiger partial charge in [-0.3, -0.25) is 4.79 Å². The molecule has 2 unspecified atom stereocenters. The van der Waals surface area contributed by atoms with Gasteiger partial charge in [0.25, 0.3) is 5.91 Å². The number of amides is 1. The fourth-order valence-electron chi connectivity index (χ4n) is 2.57. The molecule has 1 aliphatic rings. The number of likely N-dealkylation sites (N-methyl/N-ethyl adjacent to an activating group) is 1. The lowest BCUT2D eigenvalue weighted by Crippen LogP contribution is -2.46. The van der Waals surface area contributed by atoms with Gasteiger partial charge in [-0.1, -0.05) is 24.4 Å². The lowest BCUT2D eigenvalue weighted by molar-refractivity contribution is 0.0268. The van der Waals surface area contributed by atoms with Crippen molar-refractivity contribution in [2.24, 2.45) is 0 Å². The van der Waals surface area contributed by atoms with E-state index in [0.29, 0.717) is 16.3 Å². The number of anilines is 1. The fraction of sp³-hybridized carbons (Fsp3) is 0.500. The molecule has 2 atom stereocenters. The van der Waals surface area contributed by atoms with E-state index in [2.05, 4.69) is 0 Å². The highest BCUT2D eigenvalue weighted by Crippen LogP contribution is 2.25. The first-order valence-corrected chi connectivity index (χ1v) is 6.88. The summed E-state index contributed by atoms with van der Waals surface area (Å²) in [5, 5.41) is 10.4. The van der Waals surface area contributed by atoms with Gasteiger partial charge >= 0.3 is 0 Å². The van der Waals surface area contributed by atoms with Gasteiger partial charge in [-0.05, 0) is 31.0 Å². The van der Waals surface area contributed by atoms with Crippen molar-refractivity contribution in [2.75, 3.05) is 12.8 Å². The van der Waals surface area contributed by atoms with Crippen molar-refractivity contribution in [1.82, 2.24) is 4.90 Å². The first kappa shape index (κ1) is 14.2. The van der Waals surface area contributed by atoms with Gasteiger partial charge in [0, 0.05) is 12.6 Å². The van der Waals surface area contributed by atoms with E-state index in [1.165, 1.54) is 0 Å². The standard InChI is InChI=1S/C14H19ClN2O2/c1-17(12-4-2-3-5-13(12)18)14(19)9-6-7-10(15)11(16)8-9/h6-8,12-13,18H,2-5,16H2,1H3. The topological polar surface area (TPSA) is 66.6 Å². The maximum absolute atomic E-state index is 12.4. The SMILES string of the molecule is CN(C(=O)c1ccc(Cl)c(N)c1)C1CCCCC1O. The number of rotatable bonds is 2.